The van der Waals surface area contributed by atoms with Crippen molar-refractivity contribution in [2.75, 3.05) is 0 Å². The highest BCUT2D eigenvalue weighted by Gasteiger charge is 2.23. The van der Waals surface area contributed by atoms with Gasteiger partial charge in [0.25, 0.3) is 0 Å². The van der Waals surface area contributed by atoms with Crippen molar-refractivity contribution in [1.82, 2.24) is 24.6 Å². The molecule has 0 saturated heterocycles. The zero-order valence-corrected chi connectivity index (χ0v) is 13.8. The van der Waals surface area contributed by atoms with Crippen molar-refractivity contribution in [3.63, 3.8) is 0 Å². The molecule has 0 bridgehead atoms. The molecule has 1 aliphatic carbocycles. The quantitative estimate of drug-likeness (QED) is 0.806. The molecule has 0 radical (unpaired) electrons. The van der Waals surface area contributed by atoms with Crippen LogP contribution in [0, 0.1) is 0 Å². The van der Waals surface area contributed by atoms with Gasteiger partial charge in [0, 0.05) is 30.9 Å². The van der Waals surface area contributed by atoms with E-state index in [1.807, 2.05) is 12.3 Å². The van der Waals surface area contributed by atoms with E-state index in [2.05, 4.69) is 51.8 Å². The van der Waals surface area contributed by atoms with E-state index in [9.17, 15) is 0 Å². The van der Waals surface area contributed by atoms with Gasteiger partial charge < -0.3 is 9.88 Å². The summed E-state index contributed by atoms with van der Waals surface area (Å²) < 4.78 is 4.32. The molecule has 5 nitrogen and oxygen atoms in total. The van der Waals surface area contributed by atoms with Crippen LogP contribution in [0.3, 0.4) is 0 Å². The molecule has 3 aromatic rings. The lowest BCUT2D eigenvalue weighted by Gasteiger charge is -2.24. The molecule has 23 heavy (non-hydrogen) atoms. The van der Waals surface area contributed by atoms with Crippen molar-refractivity contribution in [1.29, 1.82) is 0 Å². The molecule has 0 saturated carbocycles. The van der Waals surface area contributed by atoms with E-state index in [1.54, 1.807) is 0 Å². The van der Waals surface area contributed by atoms with Crippen molar-refractivity contribution >= 4 is 11.0 Å². The number of rotatable bonds is 4. The lowest BCUT2D eigenvalue weighted by atomic mass is 9.93. The minimum atomic E-state index is 0.388. The number of hydrogen-bond donors (Lipinski definition) is 1. The van der Waals surface area contributed by atoms with Crippen molar-refractivity contribution in [3.05, 3.63) is 47.5 Å². The third-order valence-electron chi connectivity index (χ3n) is 4.95. The highest BCUT2D eigenvalue weighted by atomic mass is 15.3. The topological polar surface area (TPSA) is 47.7 Å². The fourth-order valence-electron chi connectivity index (χ4n) is 3.67. The molecule has 0 unspecified atom stereocenters. The summed E-state index contributed by atoms with van der Waals surface area (Å²) >= 11 is 0. The van der Waals surface area contributed by atoms with Crippen molar-refractivity contribution in [3.8, 4) is 0 Å². The third-order valence-corrected chi connectivity index (χ3v) is 4.95. The van der Waals surface area contributed by atoms with Gasteiger partial charge in [-0.2, -0.15) is 5.10 Å². The number of imidazole rings is 1. The minimum Gasteiger partial charge on any atom is -0.330 e. The zero-order chi connectivity index (χ0) is 15.8. The summed E-state index contributed by atoms with van der Waals surface area (Å²) in [4.78, 5) is 4.75. The normalized spacial score (nSPS) is 17.6. The predicted octanol–water partition coefficient (Wildman–Crippen LogP) is 2.96. The van der Waals surface area contributed by atoms with Gasteiger partial charge in [-0.05, 0) is 38.3 Å². The molecular weight excluding hydrogens is 286 g/mol. The van der Waals surface area contributed by atoms with E-state index in [1.165, 1.54) is 29.6 Å². The molecule has 0 fully saturated rings. The van der Waals surface area contributed by atoms with Crippen molar-refractivity contribution in [2.24, 2.45) is 7.05 Å². The van der Waals surface area contributed by atoms with Crippen molar-refractivity contribution in [2.45, 2.75) is 45.3 Å². The lowest BCUT2D eigenvalue weighted by Crippen LogP contribution is -2.26. The fraction of sp³-hybridized carbons (Fsp3) is 0.444. The summed E-state index contributed by atoms with van der Waals surface area (Å²) in [6.45, 7) is 3.89. The summed E-state index contributed by atoms with van der Waals surface area (Å²) in [5.74, 6) is 1.08. The van der Waals surface area contributed by atoms with Crippen LogP contribution in [0.4, 0.5) is 0 Å². The van der Waals surface area contributed by atoms with Gasteiger partial charge in [0.15, 0.2) is 0 Å². The second-order valence-electron chi connectivity index (χ2n) is 6.26. The van der Waals surface area contributed by atoms with Gasteiger partial charge in [0.2, 0.25) is 0 Å². The Morgan fingerprint density at radius 2 is 2.17 bits per heavy atom. The number of aromatic nitrogens is 4. The molecule has 1 aliphatic rings. The Bertz CT molecular complexity index is 829. The smallest absolute Gasteiger partial charge is 0.123 e. The summed E-state index contributed by atoms with van der Waals surface area (Å²) in [7, 11) is 2.09. The fourth-order valence-corrected chi connectivity index (χ4v) is 3.67. The zero-order valence-electron chi connectivity index (χ0n) is 13.8. The first-order valence-electron chi connectivity index (χ1n) is 8.46. The molecule has 1 N–H and O–H groups in total. The Kier molecular flexibility index (Phi) is 3.65. The number of benzene rings is 1. The molecule has 4 rings (SSSR count). The number of aryl methyl sites for hydroxylation is 2. The maximum Gasteiger partial charge on any atom is 0.123 e. The van der Waals surface area contributed by atoms with Gasteiger partial charge in [0.1, 0.15) is 5.82 Å². The SMILES string of the molecule is CCn1ncc2c1CCC[C@@H]2NCc1nc2ccccc2n1C. The third kappa shape index (κ3) is 2.45. The van der Waals surface area contributed by atoms with E-state index in [-0.39, 0.29) is 0 Å². The number of para-hydroxylation sites is 2. The molecule has 2 heterocycles. The summed E-state index contributed by atoms with van der Waals surface area (Å²) in [6, 6.07) is 8.68. The van der Waals surface area contributed by atoms with Crippen LogP contribution in [0.1, 0.15) is 42.9 Å². The molecule has 0 aliphatic heterocycles. The first-order chi connectivity index (χ1) is 11.3. The van der Waals surface area contributed by atoms with E-state index in [0.717, 1.165) is 30.9 Å². The number of fused-ring (bicyclic) bond motifs is 2. The maximum absolute atomic E-state index is 4.75. The van der Waals surface area contributed by atoms with E-state index >= 15 is 0 Å². The molecule has 1 atom stereocenters. The van der Waals surface area contributed by atoms with Crippen LogP contribution in [-0.2, 0) is 26.6 Å². The second kappa shape index (κ2) is 5.81. The average molecular weight is 309 g/mol. The first kappa shape index (κ1) is 14.5. The molecular formula is C18H23N5. The van der Waals surface area contributed by atoms with Crippen LogP contribution in [0.2, 0.25) is 0 Å². The van der Waals surface area contributed by atoms with Gasteiger partial charge in [-0.25, -0.2) is 4.98 Å². The minimum absolute atomic E-state index is 0.388. The van der Waals surface area contributed by atoms with Gasteiger partial charge in [0.05, 0.1) is 23.8 Å². The predicted molar refractivity (Wildman–Crippen MR) is 91.1 cm³/mol. The van der Waals surface area contributed by atoms with Crippen molar-refractivity contribution < 1.29 is 0 Å². The Morgan fingerprint density at radius 3 is 3.00 bits per heavy atom. The van der Waals surface area contributed by atoms with Crippen LogP contribution in [0.15, 0.2) is 30.5 Å². The van der Waals surface area contributed by atoms with Crippen LogP contribution < -0.4 is 5.32 Å². The van der Waals surface area contributed by atoms with Gasteiger partial charge in [-0.3, -0.25) is 4.68 Å². The summed E-state index contributed by atoms with van der Waals surface area (Å²) in [5.41, 5.74) is 5.03. The largest absolute Gasteiger partial charge is 0.330 e. The monoisotopic (exact) mass is 309 g/mol. The molecule has 0 amide bonds. The average Bonchev–Trinajstić information content (AvgIpc) is 3.15. The van der Waals surface area contributed by atoms with Gasteiger partial charge >= 0.3 is 0 Å². The molecule has 2 aromatic heterocycles. The maximum atomic E-state index is 4.75. The van der Waals surface area contributed by atoms with E-state index in [0.29, 0.717) is 6.04 Å². The second-order valence-corrected chi connectivity index (χ2v) is 6.26. The highest BCUT2D eigenvalue weighted by Crippen LogP contribution is 2.29. The Balaban J connectivity index is 1.55. The molecule has 1 aromatic carbocycles. The van der Waals surface area contributed by atoms with Crippen LogP contribution in [0.5, 0.6) is 0 Å². The van der Waals surface area contributed by atoms with E-state index < -0.39 is 0 Å². The first-order valence-corrected chi connectivity index (χ1v) is 8.46. The van der Waals surface area contributed by atoms with Gasteiger partial charge in [-0.1, -0.05) is 12.1 Å². The Morgan fingerprint density at radius 1 is 1.30 bits per heavy atom. The highest BCUT2D eigenvalue weighted by molar-refractivity contribution is 5.75. The summed E-state index contributed by atoms with van der Waals surface area (Å²) in [5, 5.41) is 8.23. The summed E-state index contributed by atoms with van der Waals surface area (Å²) in [6.07, 6.45) is 5.59. The number of nitrogens with zero attached hydrogens (tertiary/aromatic N) is 4. The number of hydrogen-bond acceptors (Lipinski definition) is 3. The standard InChI is InChI=1S/C18H23N5/c1-3-23-16-10-6-8-14(13(16)11-20-23)19-12-18-21-15-7-4-5-9-17(15)22(18)2/h4-5,7,9,11,14,19H,3,6,8,10,12H2,1-2H3/t14-/m0/s1. The van der Waals surface area contributed by atoms with Crippen LogP contribution in [-0.4, -0.2) is 19.3 Å². The van der Waals surface area contributed by atoms with Crippen LogP contribution >= 0.6 is 0 Å². The Hall–Kier alpha value is -2.14. The number of nitrogens with one attached hydrogen (secondary N) is 1. The molecule has 120 valence electrons. The molecule has 5 heteroatoms. The lowest BCUT2D eigenvalue weighted by molar-refractivity contribution is 0.440. The van der Waals surface area contributed by atoms with Gasteiger partial charge in [-0.15, -0.1) is 0 Å². The van der Waals surface area contributed by atoms with Crippen LogP contribution in [0.25, 0.3) is 11.0 Å². The molecule has 0 spiro atoms. The Labute approximate surface area is 136 Å². The van der Waals surface area contributed by atoms with E-state index in [4.69, 9.17) is 4.98 Å².